The Labute approximate surface area is 161 Å². The first-order valence-electron chi connectivity index (χ1n) is 8.27. The van der Waals surface area contributed by atoms with E-state index in [1.54, 1.807) is 42.5 Å². The van der Waals surface area contributed by atoms with Crippen LogP contribution in [0.25, 0.3) is 0 Å². The summed E-state index contributed by atoms with van der Waals surface area (Å²) >= 11 is 5.89. The zero-order valence-electron chi connectivity index (χ0n) is 14.8. The molecule has 5 nitrogen and oxygen atoms in total. The third-order valence-corrected chi connectivity index (χ3v) is 4.66. The maximum absolute atomic E-state index is 13.0. The maximum atomic E-state index is 13.0. The molecule has 0 saturated carbocycles. The Kier molecular flexibility index (Phi) is 5.06. The van der Waals surface area contributed by atoms with Crippen molar-refractivity contribution >= 4 is 40.5 Å². The van der Waals surface area contributed by atoms with Crippen LogP contribution in [0.15, 0.2) is 59.7 Å². The lowest BCUT2D eigenvalue weighted by atomic mass is 9.82. The first kappa shape index (κ1) is 18.7. The van der Waals surface area contributed by atoms with Gasteiger partial charge < -0.3 is 4.90 Å². The minimum absolute atomic E-state index is 0.0244. The minimum atomic E-state index is -0.502. The molecule has 0 spiro atoms. The van der Waals surface area contributed by atoms with Crippen LogP contribution in [-0.4, -0.2) is 29.8 Å². The number of Topliss-reactive ketones (excluding diaryl/α,β-unsaturated/α-hetero) is 3. The SMILES string of the molecule is CC(=O)C1=C(CN(C(C)=O)c2ccc(Cl)cc2)C(=O)c2ccccc2C1=O. The fourth-order valence-electron chi connectivity index (χ4n) is 3.11. The Morgan fingerprint density at radius 1 is 0.889 bits per heavy atom. The van der Waals surface area contributed by atoms with E-state index < -0.39 is 17.3 Å². The van der Waals surface area contributed by atoms with Crippen molar-refractivity contribution in [2.75, 3.05) is 11.4 Å². The summed E-state index contributed by atoms with van der Waals surface area (Å²) in [6.07, 6.45) is 0. The Morgan fingerprint density at radius 3 is 1.96 bits per heavy atom. The lowest BCUT2D eigenvalue weighted by molar-refractivity contribution is -0.116. The van der Waals surface area contributed by atoms with E-state index in [1.807, 2.05) is 0 Å². The van der Waals surface area contributed by atoms with E-state index in [9.17, 15) is 19.2 Å². The van der Waals surface area contributed by atoms with Crippen LogP contribution in [0.1, 0.15) is 34.6 Å². The number of anilines is 1. The average Bonchev–Trinajstić information content (AvgIpc) is 2.63. The number of benzene rings is 2. The van der Waals surface area contributed by atoms with Crippen molar-refractivity contribution in [3.8, 4) is 0 Å². The number of nitrogens with zero attached hydrogens (tertiary/aromatic N) is 1. The molecule has 2 aromatic carbocycles. The van der Waals surface area contributed by atoms with Crippen LogP contribution in [-0.2, 0) is 9.59 Å². The largest absolute Gasteiger partial charge is 0.308 e. The number of amides is 1. The molecular formula is C21H16ClNO4. The molecule has 0 N–H and O–H groups in total. The predicted molar refractivity (Wildman–Crippen MR) is 102 cm³/mol. The van der Waals surface area contributed by atoms with E-state index >= 15 is 0 Å². The molecule has 0 atom stereocenters. The molecule has 0 aromatic heterocycles. The van der Waals surface area contributed by atoms with E-state index in [0.29, 0.717) is 10.7 Å². The monoisotopic (exact) mass is 381 g/mol. The summed E-state index contributed by atoms with van der Waals surface area (Å²) in [7, 11) is 0. The molecule has 0 fully saturated rings. The molecule has 0 radical (unpaired) electrons. The molecule has 3 rings (SSSR count). The van der Waals surface area contributed by atoms with Crippen molar-refractivity contribution in [1.29, 1.82) is 0 Å². The maximum Gasteiger partial charge on any atom is 0.224 e. The van der Waals surface area contributed by atoms with Gasteiger partial charge in [-0.25, -0.2) is 0 Å². The third-order valence-electron chi connectivity index (χ3n) is 4.41. The summed E-state index contributed by atoms with van der Waals surface area (Å²) < 4.78 is 0. The highest BCUT2D eigenvalue weighted by Crippen LogP contribution is 2.29. The number of carbonyl (C=O) groups is 4. The lowest BCUT2D eigenvalue weighted by Crippen LogP contribution is -2.36. The van der Waals surface area contributed by atoms with Gasteiger partial charge in [0.2, 0.25) is 5.91 Å². The number of fused-ring (bicyclic) bond motifs is 1. The number of halogens is 1. The van der Waals surface area contributed by atoms with Gasteiger partial charge in [-0.3, -0.25) is 19.2 Å². The fraction of sp³-hybridized carbons (Fsp3) is 0.143. The van der Waals surface area contributed by atoms with Crippen LogP contribution in [0, 0.1) is 0 Å². The third kappa shape index (κ3) is 3.46. The Hall–Kier alpha value is -3.05. The van der Waals surface area contributed by atoms with E-state index in [2.05, 4.69) is 0 Å². The number of hydrogen-bond donors (Lipinski definition) is 0. The molecule has 0 unspecified atom stereocenters. The molecule has 0 bridgehead atoms. The van der Waals surface area contributed by atoms with Crippen molar-refractivity contribution in [3.63, 3.8) is 0 Å². The average molecular weight is 382 g/mol. The second-order valence-corrected chi connectivity index (χ2v) is 6.63. The second kappa shape index (κ2) is 7.29. The van der Waals surface area contributed by atoms with Crippen molar-refractivity contribution in [2.45, 2.75) is 13.8 Å². The van der Waals surface area contributed by atoms with Crippen LogP contribution in [0.2, 0.25) is 5.02 Å². The van der Waals surface area contributed by atoms with Crippen LogP contribution >= 0.6 is 11.6 Å². The predicted octanol–water partition coefficient (Wildman–Crippen LogP) is 3.66. The highest BCUT2D eigenvalue weighted by atomic mass is 35.5. The van der Waals surface area contributed by atoms with Crippen molar-refractivity contribution in [2.24, 2.45) is 0 Å². The number of ketones is 3. The topological polar surface area (TPSA) is 71.5 Å². The Morgan fingerprint density at radius 2 is 1.44 bits per heavy atom. The quantitative estimate of drug-likeness (QED) is 0.758. The summed E-state index contributed by atoms with van der Waals surface area (Å²) in [5.74, 6) is -1.74. The zero-order valence-corrected chi connectivity index (χ0v) is 15.5. The molecule has 27 heavy (non-hydrogen) atoms. The zero-order chi connectivity index (χ0) is 19.7. The fourth-order valence-corrected chi connectivity index (χ4v) is 3.24. The van der Waals surface area contributed by atoms with Gasteiger partial charge in [-0.15, -0.1) is 0 Å². The Bertz CT molecular complexity index is 1010. The lowest BCUT2D eigenvalue weighted by Gasteiger charge is -2.26. The highest BCUT2D eigenvalue weighted by Gasteiger charge is 2.35. The normalized spacial score (nSPS) is 13.4. The summed E-state index contributed by atoms with van der Waals surface area (Å²) in [6.45, 7) is 2.42. The van der Waals surface area contributed by atoms with Crippen LogP contribution in [0.3, 0.4) is 0 Å². The highest BCUT2D eigenvalue weighted by molar-refractivity contribution is 6.36. The molecule has 1 aliphatic rings. The summed E-state index contributed by atoms with van der Waals surface area (Å²) in [6, 6.07) is 12.9. The second-order valence-electron chi connectivity index (χ2n) is 6.20. The molecular weight excluding hydrogens is 366 g/mol. The number of hydrogen-bond acceptors (Lipinski definition) is 4. The summed E-state index contributed by atoms with van der Waals surface area (Å²) in [5, 5.41) is 0.503. The van der Waals surface area contributed by atoms with Gasteiger partial charge in [-0.05, 0) is 31.2 Å². The van der Waals surface area contributed by atoms with Gasteiger partial charge in [-0.2, -0.15) is 0 Å². The summed E-state index contributed by atoms with van der Waals surface area (Å²) in [5.41, 5.74) is 0.816. The van der Waals surface area contributed by atoms with Crippen LogP contribution in [0.5, 0.6) is 0 Å². The van der Waals surface area contributed by atoms with E-state index in [4.69, 9.17) is 11.6 Å². The summed E-state index contributed by atoms with van der Waals surface area (Å²) in [4.78, 5) is 51.5. The van der Waals surface area contributed by atoms with Crippen LogP contribution < -0.4 is 4.90 Å². The van der Waals surface area contributed by atoms with E-state index in [-0.39, 0.29) is 34.7 Å². The van der Waals surface area contributed by atoms with Crippen molar-refractivity contribution in [3.05, 3.63) is 75.8 Å². The minimum Gasteiger partial charge on any atom is -0.308 e. The van der Waals surface area contributed by atoms with Gasteiger partial charge >= 0.3 is 0 Å². The van der Waals surface area contributed by atoms with Gasteiger partial charge in [0.25, 0.3) is 0 Å². The smallest absolute Gasteiger partial charge is 0.224 e. The van der Waals surface area contributed by atoms with Gasteiger partial charge in [0.15, 0.2) is 17.3 Å². The van der Waals surface area contributed by atoms with Crippen LogP contribution in [0.4, 0.5) is 5.69 Å². The number of rotatable bonds is 4. The standard InChI is InChI=1S/C21H16ClNO4/c1-12(24)19-18(20(26)16-5-3-4-6-17(16)21(19)27)11-23(13(2)25)15-9-7-14(22)8-10-15/h3-10H,11H2,1-2H3. The number of allylic oxidation sites excluding steroid dienone is 1. The van der Waals surface area contributed by atoms with Crippen molar-refractivity contribution in [1.82, 2.24) is 0 Å². The van der Waals surface area contributed by atoms with Gasteiger partial charge in [0, 0.05) is 34.3 Å². The number of carbonyl (C=O) groups excluding carboxylic acids is 4. The van der Waals surface area contributed by atoms with Gasteiger partial charge in [0.05, 0.1) is 12.1 Å². The first-order valence-corrected chi connectivity index (χ1v) is 8.65. The van der Waals surface area contributed by atoms with Crippen molar-refractivity contribution < 1.29 is 19.2 Å². The van der Waals surface area contributed by atoms with E-state index in [1.165, 1.54) is 24.8 Å². The van der Waals surface area contributed by atoms with E-state index in [0.717, 1.165) is 0 Å². The molecule has 6 heteroatoms. The molecule has 1 amide bonds. The Balaban J connectivity index is 2.11. The molecule has 0 aliphatic heterocycles. The van der Waals surface area contributed by atoms with Gasteiger partial charge in [0.1, 0.15) is 0 Å². The molecule has 0 heterocycles. The molecule has 0 saturated heterocycles. The molecule has 2 aromatic rings. The molecule has 1 aliphatic carbocycles. The van der Waals surface area contributed by atoms with Gasteiger partial charge in [-0.1, -0.05) is 35.9 Å². The first-order chi connectivity index (χ1) is 12.8. The molecule has 136 valence electrons.